The van der Waals surface area contributed by atoms with Gasteiger partial charge in [0.1, 0.15) is 11.5 Å². The van der Waals surface area contributed by atoms with E-state index >= 15 is 0 Å². The van der Waals surface area contributed by atoms with E-state index in [2.05, 4.69) is 10.1 Å². The number of hydrogen-bond acceptors (Lipinski definition) is 4. The lowest BCUT2D eigenvalue weighted by Gasteiger charge is -2.20. The Kier molecular flexibility index (Phi) is 4.14. The fraction of sp³-hybridized carbons (Fsp3) is 0.143. The summed E-state index contributed by atoms with van der Waals surface area (Å²) in [5.74, 6) is -0.311. The summed E-state index contributed by atoms with van der Waals surface area (Å²) >= 11 is 0. The van der Waals surface area contributed by atoms with E-state index in [0.717, 1.165) is 11.3 Å². The van der Waals surface area contributed by atoms with Crippen LogP contribution in [0, 0.1) is 5.82 Å². The first-order chi connectivity index (χ1) is 9.61. The summed E-state index contributed by atoms with van der Waals surface area (Å²) in [6.07, 6.45) is 1.58. The molecule has 1 aromatic heterocycles. The quantitative estimate of drug-likeness (QED) is 0.387. The molecule has 1 heterocycles. The van der Waals surface area contributed by atoms with Crippen LogP contribution in [0.1, 0.15) is 11.3 Å². The van der Waals surface area contributed by atoms with Crippen LogP contribution in [-0.4, -0.2) is 23.1 Å². The Bertz CT molecular complexity index is 613. The minimum absolute atomic E-state index is 0.0342. The third-order valence-corrected chi connectivity index (χ3v) is 2.92. The van der Waals surface area contributed by atoms with E-state index in [1.807, 2.05) is 18.0 Å². The van der Waals surface area contributed by atoms with E-state index in [-0.39, 0.29) is 11.7 Å². The van der Waals surface area contributed by atoms with Crippen LogP contribution in [-0.2, 0) is 6.54 Å². The van der Waals surface area contributed by atoms with Crippen LogP contribution in [0.4, 0.5) is 10.1 Å². The van der Waals surface area contributed by atoms with Gasteiger partial charge in [-0.15, -0.1) is 0 Å². The zero-order valence-corrected chi connectivity index (χ0v) is 11.0. The zero-order chi connectivity index (χ0) is 14.5. The maximum atomic E-state index is 12.9. The van der Waals surface area contributed by atoms with Gasteiger partial charge in [0, 0.05) is 31.0 Å². The van der Waals surface area contributed by atoms with E-state index in [1.54, 1.807) is 24.4 Å². The summed E-state index contributed by atoms with van der Waals surface area (Å²) in [6.45, 7) is 0.505. The second-order valence-electron chi connectivity index (χ2n) is 4.33. The fourth-order valence-corrected chi connectivity index (χ4v) is 1.89. The molecule has 0 unspecified atom stereocenters. The van der Waals surface area contributed by atoms with E-state index in [0.29, 0.717) is 12.2 Å². The van der Waals surface area contributed by atoms with Gasteiger partial charge in [-0.2, -0.15) is 0 Å². The van der Waals surface area contributed by atoms with Gasteiger partial charge in [-0.1, -0.05) is 11.2 Å². The first-order valence-electron chi connectivity index (χ1n) is 6.00. The molecular weight excluding hydrogens is 259 g/mol. The lowest BCUT2D eigenvalue weighted by Crippen LogP contribution is -2.22. The summed E-state index contributed by atoms with van der Waals surface area (Å²) < 4.78 is 12.9. The topological polar surface area (TPSA) is 74.7 Å². The van der Waals surface area contributed by atoms with E-state index in [1.165, 1.54) is 12.1 Å². The highest BCUT2D eigenvalue weighted by atomic mass is 19.1. The Morgan fingerprint density at radius 1 is 1.35 bits per heavy atom. The molecule has 0 spiro atoms. The summed E-state index contributed by atoms with van der Waals surface area (Å²) in [4.78, 5) is 6.03. The molecule has 2 rings (SSSR count). The highest BCUT2D eigenvalue weighted by Crippen LogP contribution is 2.17. The van der Waals surface area contributed by atoms with Crippen LogP contribution < -0.4 is 10.6 Å². The second kappa shape index (κ2) is 6.01. The molecule has 0 radical (unpaired) electrons. The molecule has 0 fully saturated rings. The molecule has 20 heavy (non-hydrogen) atoms. The number of aromatic nitrogens is 1. The number of pyridine rings is 1. The van der Waals surface area contributed by atoms with Crippen molar-refractivity contribution in [2.24, 2.45) is 10.9 Å². The van der Waals surface area contributed by atoms with Gasteiger partial charge in [0.05, 0.1) is 0 Å². The van der Waals surface area contributed by atoms with Crippen LogP contribution in [0.2, 0.25) is 0 Å². The second-order valence-corrected chi connectivity index (χ2v) is 4.33. The minimum Gasteiger partial charge on any atom is -0.409 e. The Labute approximate surface area is 116 Å². The van der Waals surface area contributed by atoms with Gasteiger partial charge < -0.3 is 15.8 Å². The van der Waals surface area contributed by atoms with E-state index < -0.39 is 0 Å². The third kappa shape index (κ3) is 3.03. The van der Waals surface area contributed by atoms with Gasteiger partial charge in [-0.05, 0) is 30.3 Å². The molecule has 0 saturated carbocycles. The Morgan fingerprint density at radius 2 is 2.05 bits per heavy atom. The zero-order valence-electron chi connectivity index (χ0n) is 11.0. The van der Waals surface area contributed by atoms with Crippen molar-refractivity contribution < 1.29 is 9.60 Å². The Morgan fingerprint density at radius 3 is 2.70 bits per heavy atom. The first kappa shape index (κ1) is 13.8. The summed E-state index contributed by atoms with van der Waals surface area (Å²) in [5, 5.41) is 11.7. The summed E-state index contributed by atoms with van der Waals surface area (Å²) in [5.41, 5.74) is 7.71. The van der Waals surface area contributed by atoms with Crippen LogP contribution >= 0.6 is 0 Å². The average Bonchev–Trinajstić information content (AvgIpc) is 2.47. The highest BCUT2D eigenvalue weighted by molar-refractivity contribution is 5.96. The van der Waals surface area contributed by atoms with Crippen molar-refractivity contribution in [2.45, 2.75) is 6.54 Å². The molecule has 0 aliphatic carbocycles. The van der Waals surface area contributed by atoms with Crippen molar-refractivity contribution in [3.63, 3.8) is 0 Å². The molecule has 0 atom stereocenters. The van der Waals surface area contributed by atoms with Gasteiger partial charge in [-0.25, -0.2) is 4.39 Å². The molecule has 0 aliphatic heterocycles. The van der Waals surface area contributed by atoms with Crippen LogP contribution in [0.15, 0.2) is 47.8 Å². The number of rotatable bonds is 4. The van der Waals surface area contributed by atoms with Crippen LogP contribution in [0.5, 0.6) is 0 Å². The number of amidine groups is 1. The van der Waals surface area contributed by atoms with Gasteiger partial charge in [0.25, 0.3) is 0 Å². The molecule has 2 aromatic rings. The number of nitrogens with two attached hydrogens (primary N) is 1. The average molecular weight is 274 g/mol. The van der Waals surface area contributed by atoms with Gasteiger partial charge in [0.15, 0.2) is 5.84 Å². The lowest BCUT2D eigenvalue weighted by molar-refractivity contribution is 0.318. The standard InChI is InChI=1S/C14H15FN4O/c1-19(12-6-4-11(15)5-7-12)9-10-3-2-8-17-13(10)14(16)18-20/h2-8,20H,9H2,1H3,(H2,16,18). The Balaban J connectivity index is 2.24. The molecule has 5 nitrogen and oxygen atoms in total. The summed E-state index contributed by atoms with van der Waals surface area (Å²) in [6, 6.07) is 9.81. The SMILES string of the molecule is CN(Cc1cccnc1C(N)=NO)c1ccc(F)cc1. The van der Waals surface area contributed by atoms with E-state index in [9.17, 15) is 4.39 Å². The van der Waals surface area contributed by atoms with Gasteiger partial charge >= 0.3 is 0 Å². The van der Waals surface area contributed by atoms with Crippen molar-refractivity contribution in [3.8, 4) is 0 Å². The first-order valence-corrected chi connectivity index (χ1v) is 6.00. The predicted molar refractivity (Wildman–Crippen MR) is 75.3 cm³/mol. The normalized spacial score (nSPS) is 11.4. The smallest absolute Gasteiger partial charge is 0.189 e. The van der Waals surface area contributed by atoms with E-state index in [4.69, 9.17) is 10.9 Å². The monoisotopic (exact) mass is 274 g/mol. The predicted octanol–water partition coefficient (Wildman–Crippen LogP) is 1.95. The minimum atomic E-state index is -0.277. The molecule has 6 heteroatoms. The number of oxime groups is 1. The fourth-order valence-electron chi connectivity index (χ4n) is 1.89. The number of benzene rings is 1. The molecule has 1 aromatic carbocycles. The molecule has 0 aliphatic rings. The van der Waals surface area contributed by atoms with Crippen LogP contribution in [0.3, 0.4) is 0 Å². The molecule has 3 N–H and O–H groups in total. The van der Waals surface area contributed by atoms with Crippen molar-refractivity contribution in [1.82, 2.24) is 4.98 Å². The number of nitrogens with zero attached hydrogens (tertiary/aromatic N) is 3. The lowest BCUT2D eigenvalue weighted by atomic mass is 10.1. The van der Waals surface area contributed by atoms with Crippen molar-refractivity contribution >= 4 is 11.5 Å². The number of hydrogen-bond donors (Lipinski definition) is 2. The summed E-state index contributed by atoms with van der Waals surface area (Å²) in [7, 11) is 1.87. The molecule has 0 bridgehead atoms. The highest BCUT2D eigenvalue weighted by Gasteiger charge is 2.10. The van der Waals surface area contributed by atoms with Crippen molar-refractivity contribution in [1.29, 1.82) is 0 Å². The largest absolute Gasteiger partial charge is 0.409 e. The maximum Gasteiger partial charge on any atom is 0.189 e. The number of anilines is 1. The third-order valence-electron chi connectivity index (χ3n) is 2.92. The van der Waals surface area contributed by atoms with Crippen molar-refractivity contribution in [2.75, 3.05) is 11.9 Å². The molecule has 0 saturated heterocycles. The van der Waals surface area contributed by atoms with Crippen LogP contribution in [0.25, 0.3) is 0 Å². The molecule has 0 amide bonds. The van der Waals surface area contributed by atoms with Gasteiger partial charge in [-0.3, -0.25) is 4.98 Å². The van der Waals surface area contributed by atoms with Gasteiger partial charge in [0.2, 0.25) is 0 Å². The Hall–Kier alpha value is -2.63. The van der Waals surface area contributed by atoms with Crippen molar-refractivity contribution in [3.05, 3.63) is 59.7 Å². The maximum absolute atomic E-state index is 12.9. The molecule has 104 valence electrons. The molecular formula is C14H15FN4O. The number of halogens is 1.